The van der Waals surface area contributed by atoms with Crippen molar-refractivity contribution in [3.05, 3.63) is 29.3 Å². The standard InChI is InChI=1S/C13H18O2S/c1-10-3-4-12(14-2)11(7-10)13(5-6-16)8-15-9-13/h3-4,7,16H,5-6,8-9H2,1-2H3. The second-order valence-corrected chi connectivity index (χ2v) is 4.90. The second-order valence-electron chi connectivity index (χ2n) is 4.45. The molecule has 88 valence electrons. The molecule has 0 radical (unpaired) electrons. The van der Waals surface area contributed by atoms with Gasteiger partial charge in [0.05, 0.1) is 20.3 Å². The van der Waals surface area contributed by atoms with Crippen LogP contribution in [0.15, 0.2) is 18.2 Å². The molecule has 1 aromatic rings. The van der Waals surface area contributed by atoms with Crippen LogP contribution in [0, 0.1) is 6.92 Å². The van der Waals surface area contributed by atoms with Gasteiger partial charge in [-0.2, -0.15) is 12.6 Å². The summed E-state index contributed by atoms with van der Waals surface area (Å²) in [5.41, 5.74) is 2.66. The van der Waals surface area contributed by atoms with Crippen LogP contribution in [0.1, 0.15) is 17.5 Å². The van der Waals surface area contributed by atoms with E-state index in [0.29, 0.717) is 0 Å². The SMILES string of the molecule is COc1ccc(C)cc1C1(CCS)COC1. The van der Waals surface area contributed by atoms with E-state index in [1.54, 1.807) is 7.11 Å². The Morgan fingerprint density at radius 2 is 2.19 bits per heavy atom. The zero-order chi connectivity index (χ0) is 11.6. The maximum atomic E-state index is 5.45. The molecule has 0 N–H and O–H groups in total. The smallest absolute Gasteiger partial charge is 0.122 e. The monoisotopic (exact) mass is 238 g/mol. The molecule has 1 fully saturated rings. The number of thiol groups is 1. The normalized spacial score (nSPS) is 17.9. The lowest BCUT2D eigenvalue weighted by atomic mass is 9.75. The summed E-state index contributed by atoms with van der Waals surface area (Å²) in [7, 11) is 1.72. The number of methoxy groups -OCH3 is 1. The first-order chi connectivity index (χ1) is 7.72. The molecule has 3 heteroatoms. The van der Waals surface area contributed by atoms with Crippen LogP contribution in [-0.2, 0) is 10.2 Å². The van der Waals surface area contributed by atoms with Gasteiger partial charge in [-0.15, -0.1) is 0 Å². The first-order valence-corrected chi connectivity index (χ1v) is 6.19. The minimum absolute atomic E-state index is 0.124. The molecule has 1 saturated heterocycles. The molecule has 1 aromatic carbocycles. The molecule has 0 spiro atoms. The van der Waals surface area contributed by atoms with Crippen molar-refractivity contribution < 1.29 is 9.47 Å². The second kappa shape index (κ2) is 4.68. The number of hydrogen-bond acceptors (Lipinski definition) is 3. The molecule has 0 amide bonds. The van der Waals surface area contributed by atoms with Gasteiger partial charge in [0.15, 0.2) is 0 Å². The Bertz CT molecular complexity index is 372. The summed E-state index contributed by atoms with van der Waals surface area (Å²) in [6, 6.07) is 6.34. The summed E-state index contributed by atoms with van der Waals surface area (Å²) < 4.78 is 10.8. The molecule has 0 atom stereocenters. The van der Waals surface area contributed by atoms with Crippen molar-refractivity contribution in [3.63, 3.8) is 0 Å². The van der Waals surface area contributed by atoms with Crippen LogP contribution in [0.4, 0.5) is 0 Å². The third-order valence-electron chi connectivity index (χ3n) is 3.27. The summed E-state index contributed by atoms with van der Waals surface area (Å²) in [5, 5.41) is 0. The van der Waals surface area contributed by atoms with Gasteiger partial charge in [-0.1, -0.05) is 17.7 Å². The topological polar surface area (TPSA) is 18.5 Å². The first-order valence-electron chi connectivity index (χ1n) is 5.55. The van der Waals surface area contributed by atoms with Gasteiger partial charge in [0, 0.05) is 11.0 Å². The summed E-state index contributed by atoms with van der Waals surface area (Å²) in [6.45, 7) is 3.68. The van der Waals surface area contributed by atoms with E-state index in [1.165, 1.54) is 11.1 Å². The summed E-state index contributed by atoms with van der Waals surface area (Å²) in [6.07, 6.45) is 1.04. The highest BCUT2D eigenvalue weighted by molar-refractivity contribution is 7.80. The van der Waals surface area contributed by atoms with Crippen molar-refractivity contribution in [1.29, 1.82) is 0 Å². The minimum Gasteiger partial charge on any atom is -0.496 e. The van der Waals surface area contributed by atoms with E-state index in [2.05, 4.69) is 31.7 Å². The number of ether oxygens (including phenoxy) is 2. The van der Waals surface area contributed by atoms with Crippen LogP contribution in [0.25, 0.3) is 0 Å². The van der Waals surface area contributed by atoms with E-state index in [4.69, 9.17) is 9.47 Å². The fourth-order valence-corrected chi connectivity index (χ4v) is 2.66. The van der Waals surface area contributed by atoms with Crippen LogP contribution in [0.5, 0.6) is 5.75 Å². The van der Waals surface area contributed by atoms with E-state index in [1.807, 2.05) is 6.07 Å². The maximum Gasteiger partial charge on any atom is 0.122 e. The summed E-state index contributed by atoms with van der Waals surface area (Å²) >= 11 is 4.35. The van der Waals surface area contributed by atoms with Crippen molar-refractivity contribution in [2.75, 3.05) is 26.1 Å². The van der Waals surface area contributed by atoms with Crippen LogP contribution in [0.3, 0.4) is 0 Å². The fraction of sp³-hybridized carbons (Fsp3) is 0.538. The van der Waals surface area contributed by atoms with Crippen LogP contribution in [-0.4, -0.2) is 26.1 Å². The molecule has 0 saturated carbocycles. The molecule has 1 aliphatic rings. The van der Waals surface area contributed by atoms with Gasteiger partial charge in [0.2, 0.25) is 0 Å². The highest BCUT2D eigenvalue weighted by Crippen LogP contribution is 2.41. The first kappa shape index (κ1) is 11.8. The maximum absolute atomic E-state index is 5.45. The molecule has 1 aliphatic heterocycles. The Labute approximate surface area is 102 Å². The fourth-order valence-electron chi connectivity index (χ4n) is 2.23. The Balaban J connectivity index is 2.40. The number of hydrogen-bond donors (Lipinski definition) is 1. The Hall–Kier alpha value is -0.670. The molecule has 16 heavy (non-hydrogen) atoms. The van der Waals surface area contributed by atoms with E-state index in [0.717, 1.165) is 31.1 Å². The molecule has 0 bridgehead atoms. The molecule has 2 rings (SSSR count). The summed E-state index contributed by atoms with van der Waals surface area (Å²) in [4.78, 5) is 0. The van der Waals surface area contributed by atoms with Gasteiger partial charge in [-0.3, -0.25) is 0 Å². The van der Waals surface area contributed by atoms with Gasteiger partial charge in [-0.05, 0) is 25.2 Å². The average Bonchev–Trinajstić information content (AvgIpc) is 2.23. The van der Waals surface area contributed by atoms with Gasteiger partial charge >= 0.3 is 0 Å². The van der Waals surface area contributed by atoms with Gasteiger partial charge in [0.25, 0.3) is 0 Å². The van der Waals surface area contributed by atoms with E-state index >= 15 is 0 Å². The Kier molecular flexibility index (Phi) is 3.45. The van der Waals surface area contributed by atoms with Gasteiger partial charge in [-0.25, -0.2) is 0 Å². The van der Waals surface area contributed by atoms with E-state index < -0.39 is 0 Å². The predicted molar refractivity (Wildman–Crippen MR) is 68.7 cm³/mol. The quantitative estimate of drug-likeness (QED) is 0.813. The lowest BCUT2D eigenvalue weighted by molar-refractivity contribution is -0.0622. The van der Waals surface area contributed by atoms with Gasteiger partial charge in [0.1, 0.15) is 5.75 Å². The number of rotatable bonds is 4. The average molecular weight is 238 g/mol. The molecule has 0 aromatic heterocycles. The molecule has 1 heterocycles. The van der Waals surface area contributed by atoms with Crippen LogP contribution >= 0.6 is 12.6 Å². The predicted octanol–water partition coefficient (Wildman–Crippen LogP) is 2.59. The third kappa shape index (κ3) is 1.94. The van der Waals surface area contributed by atoms with E-state index in [-0.39, 0.29) is 5.41 Å². The summed E-state index contributed by atoms with van der Waals surface area (Å²) in [5.74, 6) is 1.84. The molecule has 2 nitrogen and oxygen atoms in total. The largest absolute Gasteiger partial charge is 0.496 e. The lowest BCUT2D eigenvalue weighted by Gasteiger charge is -2.42. The highest BCUT2D eigenvalue weighted by Gasteiger charge is 2.41. The number of aryl methyl sites for hydroxylation is 1. The minimum atomic E-state index is 0.124. The molecular weight excluding hydrogens is 220 g/mol. The third-order valence-corrected chi connectivity index (χ3v) is 3.50. The van der Waals surface area contributed by atoms with Gasteiger partial charge < -0.3 is 9.47 Å². The van der Waals surface area contributed by atoms with Crippen molar-refractivity contribution >= 4 is 12.6 Å². The highest BCUT2D eigenvalue weighted by atomic mass is 32.1. The zero-order valence-electron chi connectivity index (χ0n) is 9.82. The Morgan fingerprint density at radius 3 is 2.69 bits per heavy atom. The number of benzene rings is 1. The lowest BCUT2D eigenvalue weighted by Crippen LogP contribution is -2.47. The van der Waals surface area contributed by atoms with Crippen molar-refractivity contribution in [1.82, 2.24) is 0 Å². The van der Waals surface area contributed by atoms with E-state index in [9.17, 15) is 0 Å². The molecular formula is C13H18O2S. The van der Waals surface area contributed by atoms with Crippen LogP contribution in [0.2, 0.25) is 0 Å². The van der Waals surface area contributed by atoms with Crippen LogP contribution < -0.4 is 4.74 Å². The molecule has 0 unspecified atom stereocenters. The Morgan fingerprint density at radius 1 is 1.44 bits per heavy atom. The van der Waals surface area contributed by atoms with Crippen molar-refractivity contribution in [2.45, 2.75) is 18.8 Å². The van der Waals surface area contributed by atoms with Crippen molar-refractivity contribution in [2.24, 2.45) is 0 Å². The zero-order valence-corrected chi connectivity index (χ0v) is 10.7. The van der Waals surface area contributed by atoms with Crippen molar-refractivity contribution in [3.8, 4) is 5.75 Å². The molecule has 0 aliphatic carbocycles.